The molecule has 1 aromatic rings. The molecule has 0 unspecified atom stereocenters. The number of nitrogens with one attached hydrogen (secondary N) is 1. The average Bonchev–Trinajstić information content (AvgIpc) is 3.20. The van der Waals surface area contributed by atoms with E-state index in [0.717, 1.165) is 18.5 Å². The predicted octanol–water partition coefficient (Wildman–Crippen LogP) is 3.72. The van der Waals surface area contributed by atoms with Crippen molar-refractivity contribution in [3.63, 3.8) is 0 Å². The molecule has 2 fully saturated rings. The Morgan fingerprint density at radius 2 is 1.90 bits per heavy atom. The molecular weight excluding hydrogens is 266 g/mol. The Hall–Kier alpha value is -0.610. The molecule has 2 aliphatic carbocycles. The molecule has 0 aromatic carbocycles. The van der Waals surface area contributed by atoms with Crippen molar-refractivity contribution in [3.05, 3.63) is 10.6 Å². The lowest BCUT2D eigenvalue weighted by atomic mass is 9.87. The molecular formula is C16H27N3S. The Balaban J connectivity index is 1.61. The standard InChI is InChI=1S/C16H27N3S/c1-11-4-8-14(9-5-11)19(3)16-18-12(2)15(20-16)10-17-13-6-7-13/h11,13-14,17H,4-10H2,1-3H3. The zero-order valence-electron chi connectivity index (χ0n) is 13.0. The summed E-state index contributed by atoms with van der Waals surface area (Å²) in [5.74, 6) is 0.913. The van der Waals surface area contributed by atoms with Crippen LogP contribution < -0.4 is 10.2 Å². The molecule has 0 atom stereocenters. The van der Waals surface area contributed by atoms with Gasteiger partial charge in [0.2, 0.25) is 0 Å². The summed E-state index contributed by atoms with van der Waals surface area (Å²) < 4.78 is 0. The molecule has 2 aliphatic rings. The molecule has 0 aliphatic heterocycles. The van der Waals surface area contributed by atoms with E-state index in [1.165, 1.54) is 54.2 Å². The Kier molecular flexibility index (Phi) is 4.32. The van der Waals surface area contributed by atoms with Crippen molar-refractivity contribution in [1.82, 2.24) is 10.3 Å². The first kappa shape index (κ1) is 14.3. The molecule has 3 nitrogen and oxygen atoms in total. The van der Waals surface area contributed by atoms with Crippen molar-refractivity contribution in [3.8, 4) is 0 Å². The van der Waals surface area contributed by atoms with Gasteiger partial charge in [0.1, 0.15) is 0 Å². The van der Waals surface area contributed by atoms with Gasteiger partial charge >= 0.3 is 0 Å². The van der Waals surface area contributed by atoms with Gasteiger partial charge in [0.15, 0.2) is 5.13 Å². The summed E-state index contributed by atoms with van der Waals surface area (Å²) in [6, 6.07) is 1.47. The van der Waals surface area contributed by atoms with E-state index in [1.807, 2.05) is 11.3 Å². The van der Waals surface area contributed by atoms with Crippen LogP contribution >= 0.6 is 11.3 Å². The van der Waals surface area contributed by atoms with Crippen molar-refractivity contribution >= 4 is 16.5 Å². The summed E-state index contributed by atoms with van der Waals surface area (Å²) in [6.07, 6.45) is 8.10. The molecule has 0 spiro atoms. The van der Waals surface area contributed by atoms with Crippen LogP contribution in [-0.4, -0.2) is 24.1 Å². The molecule has 1 N–H and O–H groups in total. The van der Waals surface area contributed by atoms with E-state index in [1.54, 1.807) is 0 Å². The Labute approximate surface area is 126 Å². The number of hydrogen-bond acceptors (Lipinski definition) is 4. The van der Waals surface area contributed by atoms with Gasteiger partial charge in [0, 0.05) is 30.6 Å². The maximum atomic E-state index is 4.81. The number of anilines is 1. The molecule has 0 amide bonds. The van der Waals surface area contributed by atoms with Crippen LogP contribution in [0.3, 0.4) is 0 Å². The summed E-state index contributed by atoms with van der Waals surface area (Å²) in [6.45, 7) is 5.54. The van der Waals surface area contributed by atoms with Crippen LogP contribution in [0.5, 0.6) is 0 Å². The highest BCUT2D eigenvalue weighted by Gasteiger charge is 2.25. The molecule has 1 aromatic heterocycles. The van der Waals surface area contributed by atoms with Gasteiger partial charge in [-0.2, -0.15) is 0 Å². The molecule has 2 saturated carbocycles. The lowest BCUT2D eigenvalue weighted by molar-refractivity contribution is 0.340. The van der Waals surface area contributed by atoms with Crippen LogP contribution in [-0.2, 0) is 6.54 Å². The first-order chi connectivity index (χ1) is 9.63. The van der Waals surface area contributed by atoms with Crippen LogP contribution in [0.25, 0.3) is 0 Å². The summed E-state index contributed by atoms with van der Waals surface area (Å²) in [5.41, 5.74) is 1.22. The van der Waals surface area contributed by atoms with Crippen molar-refractivity contribution in [2.24, 2.45) is 5.92 Å². The Morgan fingerprint density at radius 3 is 2.55 bits per heavy atom. The van der Waals surface area contributed by atoms with E-state index in [4.69, 9.17) is 4.98 Å². The highest BCUT2D eigenvalue weighted by molar-refractivity contribution is 7.15. The maximum absolute atomic E-state index is 4.81. The van der Waals surface area contributed by atoms with Crippen molar-refractivity contribution in [2.75, 3.05) is 11.9 Å². The van der Waals surface area contributed by atoms with E-state index in [2.05, 4.69) is 31.1 Å². The summed E-state index contributed by atoms with van der Waals surface area (Å²) in [7, 11) is 2.23. The fourth-order valence-corrected chi connectivity index (χ4v) is 4.08. The van der Waals surface area contributed by atoms with Crippen LogP contribution in [0.4, 0.5) is 5.13 Å². The molecule has 0 bridgehead atoms. The maximum Gasteiger partial charge on any atom is 0.185 e. The van der Waals surface area contributed by atoms with E-state index in [0.29, 0.717) is 6.04 Å². The summed E-state index contributed by atoms with van der Waals surface area (Å²) in [5, 5.41) is 4.82. The molecule has 0 radical (unpaired) electrons. The fourth-order valence-electron chi connectivity index (χ4n) is 3.04. The van der Waals surface area contributed by atoms with Gasteiger partial charge in [-0.05, 0) is 51.4 Å². The molecule has 112 valence electrons. The number of rotatable bonds is 5. The Bertz CT molecular complexity index is 445. The molecule has 0 saturated heterocycles. The number of hydrogen-bond donors (Lipinski definition) is 1. The van der Waals surface area contributed by atoms with Crippen LogP contribution in [0.1, 0.15) is 56.0 Å². The normalized spacial score (nSPS) is 26.8. The zero-order chi connectivity index (χ0) is 14.1. The van der Waals surface area contributed by atoms with Gasteiger partial charge in [-0.1, -0.05) is 6.92 Å². The Morgan fingerprint density at radius 1 is 1.20 bits per heavy atom. The summed E-state index contributed by atoms with van der Waals surface area (Å²) in [4.78, 5) is 8.66. The second-order valence-corrected chi connectivity index (χ2v) is 7.75. The smallest absolute Gasteiger partial charge is 0.185 e. The molecule has 3 rings (SSSR count). The molecule has 20 heavy (non-hydrogen) atoms. The minimum Gasteiger partial charge on any atom is -0.348 e. The van der Waals surface area contributed by atoms with Crippen molar-refractivity contribution in [1.29, 1.82) is 0 Å². The van der Waals surface area contributed by atoms with E-state index >= 15 is 0 Å². The van der Waals surface area contributed by atoms with Gasteiger partial charge in [-0.15, -0.1) is 11.3 Å². The fraction of sp³-hybridized carbons (Fsp3) is 0.812. The van der Waals surface area contributed by atoms with E-state index < -0.39 is 0 Å². The monoisotopic (exact) mass is 293 g/mol. The van der Waals surface area contributed by atoms with E-state index in [9.17, 15) is 0 Å². The number of nitrogens with zero attached hydrogens (tertiary/aromatic N) is 2. The lowest BCUT2D eigenvalue weighted by Gasteiger charge is -2.33. The molecule has 1 heterocycles. The van der Waals surface area contributed by atoms with Crippen molar-refractivity contribution < 1.29 is 0 Å². The third-order valence-electron chi connectivity index (χ3n) is 4.84. The second-order valence-electron chi connectivity index (χ2n) is 6.68. The highest BCUT2D eigenvalue weighted by atomic mass is 32.1. The first-order valence-corrected chi connectivity index (χ1v) is 8.87. The van der Waals surface area contributed by atoms with Gasteiger partial charge in [0.05, 0.1) is 5.69 Å². The van der Waals surface area contributed by atoms with Crippen LogP contribution in [0.2, 0.25) is 0 Å². The quantitative estimate of drug-likeness (QED) is 0.897. The van der Waals surface area contributed by atoms with Crippen molar-refractivity contribution in [2.45, 2.75) is 71.0 Å². The second kappa shape index (κ2) is 6.02. The van der Waals surface area contributed by atoms with Crippen LogP contribution in [0, 0.1) is 12.8 Å². The van der Waals surface area contributed by atoms with Gasteiger partial charge < -0.3 is 10.2 Å². The topological polar surface area (TPSA) is 28.2 Å². The first-order valence-electron chi connectivity index (χ1n) is 8.06. The predicted molar refractivity (Wildman–Crippen MR) is 86.5 cm³/mol. The molecule has 4 heteroatoms. The highest BCUT2D eigenvalue weighted by Crippen LogP contribution is 2.33. The minimum absolute atomic E-state index is 0.695. The average molecular weight is 293 g/mol. The van der Waals surface area contributed by atoms with Gasteiger partial charge in [0.25, 0.3) is 0 Å². The summed E-state index contributed by atoms with van der Waals surface area (Å²) >= 11 is 1.88. The number of aromatic nitrogens is 1. The van der Waals surface area contributed by atoms with E-state index in [-0.39, 0.29) is 0 Å². The third-order valence-corrected chi connectivity index (χ3v) is 6.09. The minimum atomic E-state index is 0.695. The SMILES string of the molecule is Cc1nc(N(C)C2CCC(C)CC2)sc1CNC1CC1. The van der Waals surface area contributed by atoms with Gasteiger partial charge in [-0.25, -0.2) is 4.98 Å². The zero-order valence-corrected chi connectivity index (χ0v) is 13.8. The van der Waals surface area contributed by atoms with Crippen LogP contribution in [0.15, 0.2) is 0 Å². The van der Waals surface area contributed by atoms with Gasteiger partial charge in [-0.3, -0.25) is 0 Å². The largest absolute Gasteiger partial charge is 0.348 e. The number of thiazole rings is 1. The number of aryl methyl sites for hydroxylation is 1. The lowest BCUT2D eigenvalue weighted by Crippen LogP contribution is -2.34. The third kappa shape index (κ3) is 3.34.